The zero-order chi connectivity index (χ0) is 23.2. The molecule has 0 spiro atoms. The van der Waals surface area contributed by atoms with Crippen molar-refractivity contribution >= 4 is 32.6 Å². The Balaban J connectivity index is 1.75. The highest BCUT2D eigenvalue weighted by Crippen LogP contribution is 2.28. The van der Waals surface area contributed by atoms with Gasteiger partial charge in [-0.3, -0.25) is 19.5 Å². The van der Waals surface area contributed by atoms with Crippen LogP contribution in [-0.4, -0.2) is 20.0 Å². The van der Waals surface area contributed by atoms with E-state index in [0.717, 1.165) is 41.3 Å². The summed E-state index contributed by atoms with van der Waals surface area (Å²) in [4.78, 5) is 41.5. The Morgan fingerprint density at radius 3 is 2.50 bits per heavy atom. The van der Waals surface area contributed by atoms with Crippen LogP contribution in [0.15, 0.2) is 58.1 Å². The molecule has 0 aliphatic rings. The fraction of sp³-hybridized carbons (Fsp3) is 0.100. The molecule has 2 aromatic heterocycles. The average Bonchev–Trinajstić information content (AvgIpc) is 3.13. The number of thiazole rings is 1. The number of alkyl halides is 3. The minimum atomic E-state index is -4.92. The van der Waals surface area contributed by atoms with Crippen molar-refractivity contribution in [2.45, 2.75) is 6.18 Å². The second-order valence-electron chi connectivity index (χ2n) is 6.65. The van der Waals surface area contributed by atoms with Crippen molar-refractivity contribution in [3.05, 3.63) is 86.4 Å². The van der Waals surface area contributed by atoms with Crippen LogP contribution < -0.4 is 16.6 Å². The van der Waals surface area contributed by atoms with Crippen molar-refractivity contribution in [3.8, 4) is 5.69 Å². The summed E-state index contributed by atoms with van der Waals surface area (Å²) in [5.74, 6) is -1.86. The summed E-state index contributed by atoms with van der Waals surface area (Å²) in [6.07, 6.45) is -4.92. The first-order chi connectivity index (χ1) is 15.1. The molecule has 0 atom stereocenters. The second-order valence-corrected chi connectivity index (χ2v) is 7.68. The summed E-state index contributed by atoms with van der Waals surface area (Å²) in [6.45, 7) is 0. The van der Waals surface area contributed by atoms with Gasteiger partial charge in [0.05, 0.1) is 21.5 Å². The number of hydrogen-bond donors (Lipinski definition) is 1. The van der Waals surface area contributed by atoms with Crippen molar-refractivity contribution in [1.82, 2.24) is 14.1 Å². The summed E-state index contributed by atoms with van der Waals surface area (Å²) >= 11 is 1.16. The van der Waals surface area contributed by atoms with Gasteiger partial charge in [0.25, 0.3) is 11.5 Å². The average molecular weight is 464 g/mol. The molecule has 0 radical (unpaired) electrons. The van der Waals surface area contributed by atoms with Gasteiger partial charge < -0.3 is 0 Å². The Kier molecular flexibility index (Phi) is 5.17. The molecule has 4 aromatic rings. The van der Waals surface area contributed by atoms with Crippen LogP contribution in [0.25, 0.3) is 15.9 Å². The van der Waals surface area contributed by atoms with E-state index in [2.05, 4.69) is 10.3 Å². The second kappa shape index (κ2) is 7.71. The first-order valence-corrected chi connectivity index (χ1v) is 9.75. The van der Waals surface area contributed by atoms with Crippen LogP contribution in [0.2, 0.25) is 0 Å². The van der Waals surface area contributed by atoms with Crippen molar-refractivity contribution < 1.29 is 22.4 Å². The lowest BCUT2D eigenvalue weighted by atomic mass is 10.1. The van der Waals surface area contributed by atoms with Gasteiger partial charge in [-0.05, 0) is 30.3 Å². The van der Waals surface area contributed by atoms with Gasteiger partial charge in [-0.2, -0.15) is 13.2 Å². The highest BCUT2D eigenvalue weighted by Gasteiger charge is 2.35. The summed E-state index contributed by atoms with van der Waals surface area (Å²) in [5.41, 5.74) is -4.16. The largest absolute Gasteiger partial charge is 0.431 e. The molecule has 32 heavy (non-hydrogen) atoms. The van der Waals surface area contributed by atoms with Gasteiger partial charge in [0, 0.05) is 13.1 Å². The Bertz CT molecular complexity index is 1450. The van der Waals surface area contributed by atoms with E-state index < -0.39 is 40.4 Å². The fourth-order valence-electron chi connectivity index (χ4n) is 3.05. The van der Waals surface area contributed by atoms with Crippen molar-refractivity contribution in [1.29, 1.82) is 0 Å². The number of aromatic nitrogens is 3. The van der Waals surface area contributed by atoms with Crippen LogP contribution in [0.4, 0.5) is 22.7 Å². The lowest BCUT2D eigenvalue weighted by Crippen LogP contribution is -2.40. The predicted molar refractivity (Wildman–Crippen MR) is 110 cm³/mol. The quantitative estimate of drug-likeness (QED) is 0.470. The number of carbonyl (C=O) groups excluding carboxylic acids is 1. The van der Waals surface area contributed by atoms with Gasteiger partial charge in [-0.15, -0.1) is 0 Å². The van der Waals surface area contributed by atoms with E-state index in [-0.39, 0.29) is 21.5 Å². The highest BCUT2D eigenvalue weighted by molar-refractivity contribution is 7.22. The monoisotopic (exact) mass is 464 g/mol. The first kappa shape index (κ1) is 21.4. The Labute approximate surface area is 180 Å². The van der Waals surface area contributed by atoms with Gasteiger partial charge in [0.15, 0.2) is 5.13 Å². The predicted octanol–water partition coefficient (Wildman–Crippen LogP) is 3.56. The number of para-hydroxylation sites is 1. The summed E-state index contributed by atoms with van der Waals surface area (Å²) in [7, 11) is 0.853. The fourth-order valence-corrected chi connectivity index (χ4v) is 3.91. The summed E-state index contributed by atoms with van der Waals surface area (Å²) < 4.78 is 54.9. The van der Waals surface area contributed by atoms with Gasteiger partial charge in [-0.25, -0.2) is 18.7 Å². The van der Waals surface area contributed by atoms with E-state index in [1.54, 1.807) is 24.3 Å². The standard InChI is InChI=1S/C20H12F4N4O3S/c1-27-15(20(22,23)24)9-16(29)28(19(27)31)10-6-7-12(21)11(8-10)17(30)26-18-25-13-4-2-3-5-14(13)32-18/h2-9H,1H3,(H,25,26,30). The maximum atomic E-state index is 14.3. The molecule has 12 heteroatoms. The maximum absolute atomic E-state index is 14.3. The van der Waals surface area contributed by atoms with Crippen LogP contribution in [0, 0.1) is 5.82 Å². The number of benzene rings is 2. The van der Waals surface area contributed by atoms with Gasteiger partial charge in [0.1, 0.15) is 11.5 Å². The van der Waals surface area contributed by atoms with E-state index in [1.165, 1.54) is 0 Å². The number of fused-ring (bicyclic) bond motifs is 1. The molecule has 1 amide bonds. The zero-order valence-electron chi connectivity index (χ0n) is 16.1. The molecular weight excluding hydrogens is 452 g/mol. The van der Waals surface area contributed by atoms with E-state index >= 15 is 0 Å². The van der Waals surface area contributed by atoms with Crippen LogP contribution in [0.5, 0.6) is 0 Å². The molecule has 0 saturated carbocycles. The maximum Gasteiger partial charge on any atom is 0.431 e. The molecule has 2 aromatic carbocycles. The molecule has 4 rings (SSSR count). The Hall–Kier alpha value is -3.80. The normalized spacial score (nSPS) is 11.7. The van der Waals surface area contributed by atoms with Crippen LogP contribution in [0.1, 0.15) is 16.1 Å². The lowest BCUT2D eigenvalue weighted by molar-refractivity contribution is -0.144. The highest BCUT2D eigenvalue weighted by atomic mass is 32.1. The molecular formula is C20H12F4N4O3S. The zero-order valence-corrected chi connectivity index (χ0v) is 16.9. The summed E-state index contributed by atoms with van der Waals surface area (Å²) in [6, 6.07) is 10.1. The van der Waals surface area contributed by atoms with Crippen LogP contribution in [0.3, 0.4) is 0 Å². The molecule has 0 bridgehead atoms. The smallest absolute Gasteiger partial charge is 0.298 e. The third-order valence-corrected chi connectivity index (χ3v) is 5.53. The topological polar surface area (TPSA) is 86.0 Å². The van der Waals surface area contributed by atoms with Gasteiger partial charge >= 0.3 is 11.9 Å². The number of halogens is 4. The van der Waals surface area contributed by atoms with E-state index in [0.29, 0.717) is 10.1 Å². The SMILES string of the molecule is Cn1c(C(F)(F)F)cc(=O)n(-c2ccc(F)c(C(=O)Nc3nc4ccccc4s3)c2)c1=O. The van der Waals surface area contributed by atoms with Crippen molar-refractivity contribution in [2.75, 3.05) is 5.32 Å². The number of hydrogen-bond acceptors (Lipinski definition) is 5. The van der Waals surface area contributed by atoms with Crippen LogP contribution >= 0.6 is 11.3 Å². The number of anilines is 1. The Morgan fingerprint density at radius 2 is 1.81 bits per heavy atom. The number of rotatable bonds is 3. The number of carbonyl (C=O) groups is 1. The molecule has 0 aliphatic heterocycles. The van der Waals surface area contributed by atoms with Crippen LogP contribution in [-0.2, 0) is 13.2 Å². The number of amides is 1. The van der Waals surface area contributed by atoms with E-state index in [9.17, 15) is 31.9 Å². The molecule has 1 N–H and O–H groups in total. The molecule has 2 heterocycles. The molecule has 0 fully saturated rings. The Morgan fingerprint density at radius 1 is 1.09 bits per heavy atom. The molecule has 164 valence electrons. The lowest BCUT2D eigenvalue weighted by Gasteiger charge is -2.14. The third-order valence-electron chi connectivity index (χ3n) is 4.58. The molecule has 0 unspecified atom stereocenters. The van der Waals surface area contributed by atoms with Crippen molar-refractivity contribution in [3.63, 3.8) is 0 Å². The van der Waals surface area contributed by atoms with Gasteiger partial charge in [0.2, 0.25) is 0 Å². The number of nitrogens with one attached hydrogen (secondary N) is 1. The van der Waals surface area contributed by atoms with Gasteiger partial charge in [-0.1, -0.05) is 23.5 Å². The first-order valence-electron chi connectivity index (χ1n) is 8.93. The number of nitrogens with zero attached hydrogens (tertiary/aromatic N) is 3. The van der Waals surface area contributed by atoms with E-state index in [4.69, 9.17) is 0 Å². The molecule has 0 saturated heterocycles. The van der Waals surface area contributed by atoms with Crippen molar-refractivity contribution in [2.24, 2.45) is 7.05 Å². The molecule has 7 nitrogen and oxygen atoms in total. The minimum absolute atomic E-state index is 0.198. The van der Waals surface area contributed by atoms with E-state index in [1.807, 2.05) is 0 Å². The third kappa shape index (κ3) is 3.80. The minimum Gasteiger partial charge on any atom is -0.298 e. The summed E-state index contributed by atoms with van der Waals surface area (Å²) in [5, 5.41) is 2.64. The molecule has 0 aliphatic carbocycles.